The average Bonchev–Trinajstić information content (AvgIpc) is 3.10. The maximum absolute atomic E-state index is 11.5. The Hall–Kier alpha value is -4.53. The number of aliphatic imine (C=N–C) groups is 1. The third-order valence-electron chi connectivity index (χ3n) is 5.58. The molecule has 1 aliphatic heterocycles. The van der Waals surface area contributed by atoms with E-state index in [9.17, 15) is 30.0 Å². The third-order valence-corrected chi connectivity index (χ3v) is 5.85. The van der Waals surface area contributed by atoms with Crippen molar-refractivity contribution in [2.24, 2.45) is 16.5 Å². The van der Waals surface area contributed by atoms with Crippen molar-refractivity contribution < 1.29 is 34.8 Å². The Morgan fingerprint density at radius 1 is 1.08 bits per heavy atom. The zero-order chi connectivity index (χ0) is 27.2. The van der Waals surface area contributed by atoms with E-state index in [0.29, 0.717) is 22.3 Å². The molecule has 0 saturated carbocycles. The van der Waals surface area contributed by atoms with Gasteiger partial charge in [-0.3, -0.25) is 9.59 Å². The molecule has 16 heteroatoms. The van der Waals surface area contributed by atoms with Gasteiger partial charge < -0.3 is 48.1 Å². The number of allylic oxidation sites excluding steroid dienone is 2. The highest BCUT2D eigenvalue weighted by Crippen LogP contribution is 2.50. The Kier molecular flexibility index (Phi) is 7.44. The number of phenols is 2. The van der Waals surface area contributed by atoms with Gasteiger partial charge in [0.1, 0.15) is 12.2 Å². The first-order valence-corrected chi connectivity index (χ1v) is 10.7. The summed E-state index contributed by atoms with van der Waals surface area (Å²) in [6, 6.07) is 2.77. The summed E-state index contributed by atoms with van der Waals surface area (Å²) in [5.74, 6) is -3.08. The lowest BCUT2D eigenvalue weighted by Crippen LogP contribution is -2.39. The number of ether oxygens (including phenoxy) is 1. The topological polar surface area (TPSA) is 267 Å². The van der Waals surface area contributed by atoms with Crippen LogP contribution in [0.3, 0.4) is 0 Å². The summed E-state index contributed by atoms with van der Waals surface area (Å²) in [6.07, 6.45) is 2.90. The zero-order valence-electron chi connectivity index (χ0n) is 19.2. The molecule has 0 bridgehead atoms. The van der Waals surface area contributed by atoms with Crippen molar-refractivity contribution in [3.05, 3.63) is 63.4 Å². The number of rotatable bonds is 1. The number of phenolic OH excluding ortho intramolecular Hbond substituents is 2. The first-order valence-electron chi connectivity index (χ1n) is 10.4. The Morgan fingerprint density at radius 2 is 1.74 bits per heavy atom. The smallest absolute Gasteiger partial charge is 0.302 e. The number of ketones is 1. The van der Waals surface area contributed by atoms with Crippen LogP contribution >= 0.6 is 24.0 Å². The standard InChI is InChI=1S/C16H12O6.C6H8ClN7O.ClH/c17-10-2-1-8-13-9-4-12(19)11(18)3-7(9)5-16(13,21)6-22-15(8)14(10)20;7-2-4(9)13-3(8)1(12-2)5(15)14-6(10)11;/h1-4,18-21H,5-6H2;(H4,8,9,13)(H4,10,11,14,15);1H. The first-order chi connectivity index (χ1) is 17.3. The zero-order valence-corrected chi connectivity index (χ0v) is 20.7. The van der Waals surface area contributed by atoms with Gasteiger partial charge in [-0.25, -0.2) is 9.97 Å². The molecule has 0 fully saturated rings. The van der Waals surface area contributed by atoms with E-state index in [4.69, 9.17) is 39.3 Å². The number of carbonyl (C=O) groups is 2. The van der Waals surface area contributed by atoms with E-state index < -0.39 is 29.0 Å². The normalized spacial score (nSPS) is 18.7. The van der Waals surface area contributed by atoms with Gasteiger partial charge in [0.25, 0.3) is 0 Å². The number of aliphatic hydroxyl groups is 2. The molecule has 0 radical (unpaired) electrons. The third kappa shape index (κ3) is 4.87. The molecular formula is C22H21Cl2N7O7. The van der Waals surface area contributed by atoms with Crippen molar-refractivity contribution in [3.8, 4) is 11.5 Å². The number of benzene rings is 1. The number of hydrogen-bond donors (Lipinski definition) is 8. The Labute approximate surface area is 225 Å². The number of hydrogen-bond acceptors (Lipinski definition) is 11. The van der Waals surface area contributed by atoms with E-state index in [1.165, 1.54) is 24.3 Å². The van der Waals surface area contributed by atoms with Gasteiger partial charge in [-0.2, -0.15) is 4.99 Å². The minimum Gasteiger partial charge on any atom is -0.504 e. The van der Waals surface area contributed by atoms with E-state index in [-0.39, 0.29) is 65.2 Å². The molecule has 0 saturated heterocycles. The van der Waals surface area contributed by atoms with Crippen molar-refractivity contribution in [1.29, 1.82) is 0 Å². The van der Waals surface area contributed by atoms with Crippen LogP contribution in [-0.2, 0) is 16.0 Å². The number of aromatic hydroxyl groups is 2. The largest absolute Gasteiger partial charge is 0.504 e. The van der Waals surface area contributed by atoms with Gasteiger partial charge in [-0.05, 0) is 35.4 Å². The first kappa shape index (κ1) is 28.0. The fourth-order valence-corrected chi connectivity index (χ4v) is 4.16. The van der Waals surface area contributed by atoms with Crippen molar-refractivity contribution in [3.63, 3.8) is 0 Å². The molecule has 3 aliphatic rings. The fourth-order valence-electron chi connectivity index (χ4n) is 4.03. The monoisotopic (exact) mass is 565 g/mol. The summed E-state index contributed by atoms with van der Waals surface area (Å²) in [6.45, 7) is -0.122. The fraction of sp³-hybridized carbons (Fsp3) is 0.136. The number of nitrogens with zero attached hydrogens (tertiary/aromatic N) is 3. The quantitative estimate of drug-likeness (QED) is 0.130. The maximum atomic E-state index is 11.5. The number of nitrogens with two attached hydrogens (primary N) is 4. The SMILES string of the molecule is Cl.NC(N)=NC(=O)c1nc(Cl)c(N)nc1N.O=C1C=CC2=C3c4cc(O)c(O)cc4CC3(O)COC2=C1O. The van der Waals surface area contributed by atoms with Gasteiger partial charge in [0.05, 0.1) is 0 Å². The van der Waals surface area contributed by atoms with Crippen LogP contribution in [-0.4, -0.2) is 60.3 Å². The second-order valence-electron chi connectivity index (χ2n) is 8.13. The molecule has 0 spiro atoms. The van der Waals surface area contributed by atoms with Crippen LogP contribution in [0.5, 0.6) is 11.5 Å². The van der Waals surface area contributed by atoms with Crippen molar-refractivity contribution >= 4 is 58.9 Å². The number of halogens is 2. The van der Waals surface area contributed by atoms with E-state index in [0.717, 1.165) is 0 Å². The van der Waals surface area contributed by atoms with Crippen LogP contribution in [0.15, 0.2) is 46.4 Å². The molecule has 2 heterocycles. The molecule has 1 aromatic carbocycles. The van der Waals surface area contributed by atoms with Crippen LogP contribution in [0.4, 0.5) is 11.6 Å². The minimum absolute atomic E-state index is 0. The number of nitrogen functional groups attached to an aromatic ring is 2. The van der Waals surface area contributed by atoms with Crippen LogP contribution < -0.4 is 22.9 Å². The molecule has 200 valence electrons. The van der Waals surface area contributed by atoms with E-state index >= 15 is 0 Å². The summed E-state index contributed by atoms with van der Waals surface area (Å²) in [7, 11) is 0. The number of amides is 1. The highest BCUT2D eigenvalue weighted by Gasteiger charge is 2.47. The second-order valence-corrected chi connectivity index (χ2v) is 8.49. The number of aliphatic hydroxyl groups excluding tert-OH is 1. The summed E-state index contributed by atoms with van der Waals surface area (Å²) in [5, 5.41) is 39.9. The molecule has 38 heavy (non-hydrogen) atoms. The van der Waals surface area contributed by atoms with Gasteiger partial charge in [0.15, 0.2) is 45.7 Å². The van der Waals surface area contributed by atoms with Crippen molar-refractivity contribution in [1.82, 2.24) is 9.97 Å². The highest BCUT2D eigenvalue weighted by molar-refractivity contribution is 6.31. The number of aromatic nitrogens is 2. The molecular weight excluding hydrogens is 545 g/mol. The lowest BCUT2D eigenvalue weighted by molar-refractivity contribution is -0.114. The van der Waals surface area contributed by atoms with Gasteiger partial charge in [0, 0.05) is 17.6 Å². The molecule has 14 nitrogen and oxygen atoms in total. The Morgan fingerprint density at radius 3 is 2.39 bits per heavy atom. The summed E-state index contributed by atoms with van der Waals surface area (Å²) in [4.78, 5) is 33.3. The predicted octanol–water partition coefficient (Wildman–Crippen LogP) is 0.207. The summed E-state index contributed by atoms with van der Waals surface area (Å²) < 4.78 is 5.40. The van der Waals surface area contributed by atoms with E-state index in [1.54, 1.807) is 0 Å². The van der Waals surface area contributed by atoms with Crippen LogP contribution in [0.1, 0.15) is 21.6 Å². The molecule has 1 atom stereocenters. The van der Waals surface area contributed by atoms with Crippen LogP contribution in [0, 0.1) is 0 Å². The van der Waals surface area contributed by atoms with Gasteiger partial charge in [-0.15, -0.1) is 12.4 Å². The molecule has 2 aromatic rings. The number of anilines is 2. The van der Waals surface area contributed by atoms with Crippen LogP contribution in [0.25, 0.3) is 5.57 Å². The van der Waals surface area contributed by atoms with Crippen molar-refractivity contribution in [2.75, 3.05) is 18.1 Å². The molecule has 1 unspecified atom stereocenters. The molecule has 1 aromatic heterocycles. The van der Waals surface area contributed by atoms with E-state index in [1.807, 2.05) is 0 Å². The Bertz CT molecular complexity index is 1500. The van der Waals surface area contributed by atoms with Gasteiger partial charge in [0.2, 0.25) is 11.5 Å². The van der Waals surface area contributed by atoms with Gasteiger partial charge in [-0.1, -0.05) is 11.6 Å². The Balaban J connectivity index is 0.000000221. The minimum atomic E-state index is -1.33. The molecule has 5 rings (SSSR count). The lowest BCUT2D eigenvalue weighted by atomic mass is 9.85. The van der Waals surface area contributed by atoms with Crippen LogP contribution in [0.2, 0.25) is 5.15 Å². The molecule has 1 amide bonds. The second kappa shape index (κ2) is 10.1. The number of carbonyl (C=O) groups excluding carboxylic acids is 2. The highest BCUT2D eigenvalue weighted by atomic mass is 35.5. The van der Waals surface area contributed by atoms with E-state index in [2.05, 4.69) is 15.0 Å². The summed E-state index contributed by atoms with van der Waals surface area (Å²) >= 11 is 5.55. The average molecular weight is 566 g/mol. The maximum Gasteiger partial charge on any atom is 0.302 e. The van der Waals surface area contributed by atoms with Crippen molar-refractivity contribution in [2.45, 2.75) is 12.0 Å². The number of fused-ring (bicyclic) bond motifs is 4. The summed E-state index contributed by atoms with van der Waals surface area (Å²) in [5.41, 5.74) is 21.3. The molecule has 2 aliphatic carbocycles. The number of guanidine groups is 1. The molecule has 12 N–H and O–H groups in total. The lowest BCUT2D eigenvalue weighted by Gasteiger charge is -2.33. The van der Waals surface area contributed by atoms with Gasteiger partial charge >= 0.3 is 5.91 Å². The predicted molar refractivity (Wildman–Crippen MR) is 138 cm³/mol.